The van der Waals surface area contributed by atoms with Gasteiger partial charge in [-0.15, -0.1) is 0 Å². The van der Waals surface area contributed by atoms with E-state index >= 15 is 0 Å². The molecule has 0 aromatic carbocycles. The van der Waals surface area contributed by atoms with Crippen molar-refractivity contribution < 1.29 is 24.5 Å². The van der Waals surface area contributed by atoms with Crippen LogP contribution in [0.5, 0.6) is 0 Å². The van der Waals surface area contributed by atoms with E-state index in [1.165, 1.54) is 154 Å². The highest BCUT2D eigenvalue weighted by molar-refractivity contribution is 5.77. The predicted molar refractivity (Wildman–Crippen MR) is 237 cm³/mol. The van der Waals surface area contributed by atoms with Crippen LogP contribution < -0.4 is 5.32 Å². The Morgan fingerprint density at radius 3 is 1.36 bits per heavy atom. The van der Waals surface area contributed by atoms with Gasteiger partial charge in [0.2, 0.25) is 5.91 Å². The molecule has 3 atom stereocenters. The Morgan fingerprint density at radius 2 is 0.909 bits per heavy atom. The zero-order chi connectivity index (χ0) is 40.3. The fourth-order valence-electron chi connectivity index (χ4n) is 7.61. The first kappa shape index (κ1) is 53.6. The number of ether oxygens (including phenoxy) is 1. The monoisotopic (exact) mass is 778 g/mol. The van der Waals surface area contributed by atoms with E-state index in [0.717, 1.165) is 64.2 Å². The van der Waals surface area contributed by atoms with E-state index in [-0.39, 0.29) is 24.9 Å². The second-order valence-electron chi connectivity index (χ2n) is 16.9. The first-order valence-electron chi connectivity index (χ1n) is 24.4. The van der Waals surface area contributed by atoms with Gasteiger partial charge in [-0.2, -0.15) is 0 Å². The maximum atomic E-state index is 13.1. The summed E-state index contributed by atoms with van der Waals surface area (Å²) in [6.45, 7) is 6.42. The molecule has 6 heteroatoms. The summed E-state index contributed by atoms with van der Waals surface area (Å²) in [6, 6.07) is -0.698. The number of aliphatic hydroxyl groups is 2. The van der Waals surface area contributed by atoms with Crippen LogP contribution in [0.2, 0.25) is 0 Å². The lowest BCUT2D eigenvalue weighted by atomic mass is 10.0. The van der Waals surface area contributed by atoms with Crippen LogP contribution in [0.4, 0.5) is 0 Å². The summed E-state index contributed by atoms with van der Waals surface area (Å²) in [5, 5.41) is 23.7. The lowest BCUT2D eigenvalue weighted by Crippen LogP contribution is -2.46. The molecule has 0 fully saturated rings. The summed E-state index contributed by atoms with van der Waals surface area (Å²) in [5.74, 6) is -0.482. The highest BCUT2D eigenvalue weighted by Crippen LogP contribution is 2.18. The molecule has 0 bridgehead atoms. The van der Waals surface area contributed by atoms with Gasteiger partial charge in [-0.25, -0.2) is 0 Å². The molecule has 55 heavy (non-hydrogen) atoms. The van der Waals surface area contributed by atoms with E-state index < -0.39 is 18.2 Å². The van der Waals surface area contributed by atoms with E-state index in [1.54, 1.807) is 0 Å². The quantitative estimate of drug-likeness (QED) is 0.0325. The van der Waals surface area contributed by atoms with Crippen LogP contribution in [0.15, 0.2) is 12.2 Å². The van der Waals surface area contributed by atoms with Gasteiger partial charge in [0.05, 0.1) is 25.2 Å². The summed E-state index contributed by atoms with van der Waals surface area (Å²) in [7, 11) is 0. The minimum atomic E-state index is -0.784. The normalized spacial score (nSPS) is 13.3. The molecule has 0 aliphatic heterocycles. The average Bonchev–Trinajstić information content (AvgIpc) is 3.18. The summed E-state index contributed by atoms with van der Waals surface area (Å²) < 4.78 is 5.88. The molecule has 0 aromatic heterocycles. The standard InChI is InChI=1S/C49H95NO5/c1-4-7-10-13-16-19-21-22-23-24-25-26-28-29-32-35-38-41-47(52)46(44-51)50-48(53)43-45(40-37-34-31-18-15-12-9-6-3)55-49(54)42-39-36-33-30-27-20-17-14-11-8-5-2/h12,15,45-47,51-52H,4-11,13-14,16-44H2,1-3H3,(H,50,53)/b15-12-. The van der Waals surface area contributed by atoms with Crippen molar-refractivity contribution >= 4 is 11.9 Å². The van der Waals surface area contributed by atoms with E-state index in [0.29, 0.717) is 19.3 Å². The molecule has 0 aliphatic carbocycles. The van der Waals surface area contributed by atoms with Crippen LogP contribution in [-0.4, -0.2) is 46.9 Å². The molecule has 0 aliphatic rings. The molecule has 1 amide bonds. The van der Waals surface area contributed by atoms with E-state index in [1.807, 2.05) is 0 Å². The van der Waals surface area contributed by atoms with Crippen LogP contribution in [-0.2, 0) is 14.3 Å². The molecule has 3 N–H and O–H groups in total. The van der Waals surface area contributed by atoms with Crippen molar-refractivity contribution in [2.24, 2.45) is 0 Å². The van der Waals surface area contributed by atoms with Gasteiger partial charge in [0, 0.05) is 6.42 Å². The number of hydrogen-bond donors (Lipinski definition) is 3. The number of nitrogens with one attached hydrogen (secondary N) is 1. The van der Waals surface area contributed by atoms with Crippen LogP contribution in [0, 0.1) is 0 Å². The molecule has 326 valence electrons. The lowest BCUT2D eigenvalue weighted by molar-refractivity contribution is -0.151. The molecule has 0 spiro atoms. The Hall–Kier alpha value is -1.40. The van der Waals surface area contributed by atoms with Crippen molar-refractivity contribution in [3.63, 3.8) is 0 Å². The molecule has 0 heterocycles. The number of rotatable bonds is 44. The van der Waals surface area contributed by atoms with Crippen molar-refractivity contribution in [3.05, 3.63) is 12.2 Å². The summed E-state index contributed by atoms with van der Waals surface area (Å²) in [4.78, 5) is 25.9. The molecule has 3 unspecified atom stereocenters. The molecular weight excluding hydrogens is 683 g/mol. The maximum Gasteiger partial charge on any atom is 0.306 e. The first-order chi connectivity index (χ1) is 27.0. The number of esters is 1. The number of allylic oxidation sites excluding steroid dienone is 2. The van der Waals surface area contributed by atoms with Crippen LogP contribution in [0.3, 0.4) is 0 Å². The van der Waals surface area contributed by atoms with E-state index in [2.05, 4.69) is 38.2 Å². The molecule has 0 saturated heterocycles. The van der Waals surface area contributed by atoms with Crippen molar-refractivity contribution in [3.8, 4) is 0 Å². The third-order valence-electron chi connectivity index (χ3n) is 11.3. The van der Waals surface area contributed by atoms with Gasteiger partial charge in [0.1, 0.15) is 6.10 Å². The minimum Gasteiger partial charge on any atom is -0.462 e. The summed E-state index contributed by atoms with van der Waals surface area (Å²) >= 11 is 0. The number of unbranched alkanes of at least 4 members (excludes halogenated alkanes) is 30. The second-order valence-corrected chi connectivity index (χ2v) is 16.9. The highest BCUT2D eigenvalue weighted by Gasteiger charge is 2.24. The van der Waals surface area contributed by atoms with Gasteiger partial charge >= 0.3 is 5.97 Å². The van der Waals surface area contributed by atoms with Crippen molar-refractivity contribution in [1.29, 1.82) is 0 Å². The number of amides is 1. The molecule has 0 aromatic rings. The molecule has 6 nitrogen and oxygen atoms in total. The zero-order valence-electron chi connectivity index (χ0n) is 37.1. The Balaban J connectivity index is 4.36. The SMILES string of the molecule is CCC/C=C\CCCCCC(CC(=O)NC(CO)C(O)CCCCCCCCCCCCCCCCCCC)OC(=O)CCCCCCCCCCCCC. The van der Waals surface area contributed by atoms with Crippen LogP contribution >= 0.6 is 0 Å². The largest absolute Gasteiger partial charge is 0.462 e. The predicted octanol–water partition coefficient (Wildman–Crippen LogP) is 14.2. The van der Waals surface area contributed by atoms with Gasteiger partial charge in [0.25, 0.3) is 0 Å². The molecular formula is C49H95NO5. The van der Waals surface area contributed by atoms with Crippen molar-refractivity contribution in [1.82, 2.24) is 5.32 Å². The van der Waals surface area contributed by atoms with Gasteiger partial charge in [-0.1, -0.05) is 219 Å². The number of hydrogen-bond acceptors (Lipinski definition) is 5. The fraction of sp³-hybridized carbons (Fsp3) is 0.918. The van der Waals surface area contributed by atoms with Gasteiger partial charge in [-0.05, 0) is 44.9 Å². The topological polar surface area (TPSA) is 95.9 Å². The van der Waals surface area contributed by atoms with Crippen LogP contribution in [0.25, 0.3) is 0 Å². The van der Waals surface area contributed by atoms with Gasteiger partial charge in [0.15, 0.2) is 0 Å². The number of carbonyl (C=O) groups is 2. The van der Waals surface area contributed by atoms with Crippen LogP contribution in [0.1, 0.15) is 265 Å². The maximum absolute atomic E-state index is 13.1. The van der Waals surface area contributed by atoms with Crippen molar-refractivity contribution in [2.75, 3.05) is 6.61 Å². The number of carbonyl (C=O) groups excluding carboxylic acids is 2. The summed E-state index contributed by atoms with van der Waals surface area (Å²) in [5.41, 5.74) is 0. The van der Waals surface area contributed by atoms with Gasteiger partial charge < -0.3 is 20.3 Å². The Kier molecular flexibility index (Phi) is 42.6. The smallest absolute Gasteiger partial charge is 0.306 e. The van der Waals surface area contributed by atoms with Crippen molar-refractivity contribution in [2.45, 2.75) is 283 Å². The third kappa shape index (κ3) is 39.2. The molecule has 0 radical (unpaired) electrons. The molecule has 0 rings (SSSR count). The number of aliphatic hydroxyl groups excluding tert-OH is 2. The highest BCUT2D eigenvalue weighted by atomic mass is 16.5. The van der Waals surface area contributed by atoms with E-state index in [4.69, 9.17) is 4.74 Å². The Labute approximate surface area is 342 Å². The lowest BCUT2D eigenvalue weighted by Gasteiger charge is -2.24. The first-order valence-corrected chi connectivity index (χ1v) is 24.4. The summed E-state index contributed by atoms with van der Waals surface area (Å²) in [6.07, 6.45) is 47.1. The minimum absolute atomic E-state index is 0.0722. The van der Waals surface area contributed by atoms with E-state index in [9.17, 15) is 19.8 Å². The fourth-order valence-corrected chi connectivity index (χ4v) is 7.61. The van der Waals surface area contributed by atoms with Gasteiger partial charge in [-0.3, -0.25) is 9.59 Å². The Morgan fingerprint density at radius 1 is 0.509 bits per heavy atom. The third-order valence-corrected chi connectivity index (χ3v) is 11.3. The Bertz CT molecular complexity index is 832. The second kappa shape index (κ2) is 43.7. The molecule has 0 saturated carbocycles. The average molecular weight is 778 g/mol. The zero-order valence-corrected chi connectivity index (χ0v) is 37.1.